The number of hydrogen-bond donors (Lipinski definition) is 0. The number of aryl methyl sites for hydroxylation is 1. The van der Waals surface area contributed by atoms with Crippen molar-refractivity contribution in [1.82, 2.24) is 0 Å². The van der Waals surface area contributed by atoms with Crippen LogP contribution < -0.4 is 9.47 Å². The van der Waals surface area contributed by atoms with Crippen LogP contribution in [0.3, 0.4) is 0 Å². The van der Waals surface area contributed by atoms with Gasteiger partial charge in [-0.3, -0.25) is 9.59 Å². The van der Waals surface area contributed by atoms with Crippen LogP contribution in [0.15, 0.2) is 12.1 Å². The van der Waals surface area contributed by atoms with Crippen molar-refractivity contribution >= 4 is 27.5 Å². The Labute approximate surface area is 101 Å². The summed E-state index contributed by atoms with van der Waals surface area (Å²) in [7, 11) is 0. The lowest BCUT2D eigenvalue weighted by atomic mass is 10.0. The van der Waals surface area contributed by atoms with E-state index in [9.17, 15) is 9.59 Å². The maximum atomic E-state index is 11.7. The van der Waals surface area contributed by atoms with Gasteiger partial charge in [0.25, 0.3) is 0 Å². The molecule has 1 aliphatic rings. The van der Waals surface area contributed by atoms with Crippen LogP contribution in [0.2, 0.25) is 0 Å². The number of rotatable bonds is 3. The smallest absolute Gasteiger partial charge is 0.231 e. The fourth-order valence-electron chi connectivity index (χ4n) is 1.50. The first-order valence-corrected chi connectivity index (χ1v) is 5.79. The molecular weight excluding hydrogens is 276 g/mol. The summed E-state index contributed by atoms with van der Waals surface area (Å²) in [4.78, 5) is 23.0. The first-order chi connectivity index (χ1) is 7.63. The molecule has 0 fully saturated rings. The van der Waals surface area contributed by atoms with E-state index in [0.29, 0.717) is 22.6 Å². The molecule has 1 aliphatic heterocycles. The van der Waals surface area contributed by atoms with Crippen molar-refractivity contribution in [2.24, 2.45) is 0 Å². The average Bonchev–Trinajstić information content (AvgIpc) is 2.72. The SMILES string of the molecule is Cc1cc2c(cc1C(=O)C(=O)CBr)OCO2. The van der Waals surface area contributed by atoms with Gasteiger partial charge in [-0.2, -0.15) is 0 Å². The normalized spacial score (nSPS) is 12.6. The molecule has 0 unspecified atom stereocenters. The van der Waals surface area contributed by atoms with Crippen LogP contribution in [-0.2, 0) is 4.79 Å². The van der Waals surface area contributed by atoms with Gasteiger partial charge in [0.15, 0.2) is 11.5 Å². The monoisotopic (exact) mass is 284 g/mol. The van der Waals surface area contributed by atoms with Crippen molar-refractivity contribution in [1.29, 1.82) is 0 Å². The third kappa shape index (κ3) is 1.82. The minimum Gasteiger partial charge on any atom is -0.454 e. The number of ether oxygens (including phenoxy) is 2. The zero-order valence-corrected chi connectivity index (χ0v) is 10.2. The Morgan fingerprint density at radius 2 is 1.94 bits per heavy atom. The van der Waals surface area contributed by atoms with Crippen LogP contribution in [0.5, 0.6) is 11.5 Å². The van der Waals surface area contributed by atoms with Crippen molar-refractivity contribution in [3.63, 3.8) is 0 Å². The van der Waals surface area contributed by atoms with Gasteiger partial charge in [0.1, 0.15) is 0 Å². The first kappa shape index (κ1) is 11.1. The lowest BCUT2D eigenvalue weighted by molar-refractivity contribution is -0.112. The highest BCUT2D eigenvalue weighted by Crippen LogP contribution is 2.34. The van der Waals surface area contributed by atoms with Crippen LogP contribution >= 0.6 is 15.9 Å². The van der Waals surface area contributed by atoms with Gasteiger partial charge in [-0.05, 0) is 24.6 Å². The number of fused-ring (bicyclic) bond motifs is 1. The van der Waals surface area contributed by atoms with E-state index in [0.717, 1.165) is 0 Å². The summed E-state index contributed by atoms with van der Waals surface area (Å²) >= 11 is 2.97. The van der Waals surface area contributed by atoms with E-state index < -0.39 is 11.6 Å². The Bertz CT molecular complexity index is 467. The second kappa shape index (κ2) is 4.25. The summed E-state index contributed by atoms with van der Waals surface area (Å²) in [6.45, 7) is 1.91. The van der Waals surface area contributed by atoms with Gasteiger partial charge < -0.3 is 9.47 Å². The van der Waals surface area contributed by atoms with Crippen LogP contribution in [0.4, 0.5) is 0 Å². The molecule has 0 saturated heterocycles. The van der Waals surface area contributed by atoms with E-state index >= 15 is 0 Å². The van der Waals surface area contributed by atoms with Gasteiger partial charge in [0.2, 0.25) is 18.4 Å². The third-order valence-corrected chi connectivity index (χ3v) is 2.85. The first-order valence-electron chi connectivity index (χ1n) is 4.67. The highest BCUT2D eigenvalue weighted by molar-refractivity contribution is 9.09. The number of alkyl halides is 1. The van der Waals surface area contributed by atoms with Gasteiger partial charge >= 0.3 is 0 Å². The topological polar surface area (TPSA) is 52.6 Å². The number of hydrogen-bond acceptors (Lipinski definition) is 4. The fourth-order valence-corrected chi connectivity index (χ4v) is 1.75. The summed E-state index contributed by atoms with van der Waals surface area (Å²) in [6, 6.07) is 3.26. The van der Waals surface area contributed by atoms with Gasteiger partial charge in [-0.15, -0.1) is 0 Å². The molecule has 0 spiro atoms. The van der Waals surface area contributed by atoms with E-state index in [1.807, 2.05) is 0 Å². The predicted molar refractivity (Wildman–Crippen MR) is 60.4 cm³/mol. The maximum absolute atomic E-state index is 11.7. The van der Waals surface area contributed by atoms with Crippen LogP contribution in [0.1, 0.15) is 15.9 Å². The minimum atomic E-state index is -0.507. The molecule has 0 saturated carbocycles. The van der Waals surface area contributed by atoms with Crippen LogP contribution in [0, 0.1) is 6.92 Å². The second-order valence-electron chi connectivity index (χ2n) is 3.41. The Morgan fingerprint density at radius 3 is 2.56 bits per heavy atom. The van der Waals surface area contributed by atoms with E-state index in [4.69, 9.17) is 9.47 Å². The molecule has 16 heavy (non-hydrogen) atoms. The van der Waals surface area contributed by atoms with Crippen LogP contribution in [-0.4, -0.2) is 23.7 Å². The molecule has 0 amide bonds. The Balaban J connectivity index is 2.42. The number of ketones is 2. The molecular formula is C11H9BrO4. The maximum Gasteiger partial charge on any atom is 0.231 e. The summed E-state index contributed by atoms with van der Waals surface area (Å²) in [5.74, 6) is 0.145. The number of carbonyl (C=O) groups is 2. The van der Waals surface area contributed by atoms with Crippen molar-refractivity contribution < 1.29 is 19.1 Å². The zero-order chi connectivity index (χ0) is 11.7. The fraction of sp³-hybridized carbons (Fsp3) is 0.273. The Hall–Kier alpha value is -1.36. The molecule has 0 N–H and O–H groups in total. The standard InChI is InChI=1S/C11H9BrO4/c1-6-2-9-10(16-5-15-9)3-7(6)11(14)8(13)4-12/h2-3H,4-5H2,1H3. The number of Topliss-reactive ketones (excluding diaryl/α,β-unsaturated/α-hetero) is 2. The molecule has 0 atom stereocenters. The molecule has 84 valence electrons. The van der Waals surface area contributed by atoms with Gasteiger partial charge in [-0.1, -0.05) is 15.9 Å². The predicted octanol–water partition coefficient (Wildman–Crippen LogP) is 1.87. The highest BCUT2D eigenvalue weighted by atomic mass is 79.9. The molecule has 2 rings (SSSR count). The highest BCUT2D eigenvalue weighted by Gasteiger charge is 2.22. The van der Waals surface area contributed by atoms with E-state index in [-0.39, 0.29) is 12.1 Å². The van der Waals surface area contributed by atoms with Gasteiger partial charge in [0.05, 0.1) is 5.33 Å². The zero-order valence-electron chi connectivity index (χ0n) is 8.58. The lowest BCUT2D eigenvalue weighted by Gasteiger charge is -2.04. The van der Waals surface area contributed by atoms with Crippen molar-refractivity contribution in [3.8, 4) is 11.5 Å². The van der Waals surface area contributed by atoms with Crippen molar-refractivity contribution in [3.05, 3.63) is 23.3 Å². The summed E-state index contributed by atoms with van der Waals surface area (Å²) in [5, 5.41) is 0.0275. The van der Waals surface area contributed by atoms with E-state index in [2.05, 4.69) is 15.9 Å². The Morgan fingerprint density at radius 1 is 1.31 bits per heavy atom. The minimum absolute atomic E-state index is 0.0275. The molecule has 1 aromatic carbocycles. The molecule has 4 nitrogen and oxygen atoms in total. The molecule has 0 bridgehead atoms. The number of halogens is 1. The van der Waals surface area contributed by atoms with Crippen molar-refractivity contribution in [2.75, 3.05) is 12.1 Å². The number of carbonyl (C=O) groups excluding carboxylic acids is 2. The molecule has 0 aliphatic carbocycles. The van der Waals surface area contributed by atoms with Gasteiger partial charge in [-0.25, -0.2) is 0 Å². The molecule has 0 aromatic heterocycles. The van der Waals surface area contributed by atoms with Gasteiger partial charge in [0, 0.05) is 5.56 Å². The number of benzene rings is 1. The molecule has 1 heterocycles. The molecule has 1 aromatic rings. The van der Waals surface area contributed by atoms with E-state index in [1.54, 1.807) is 19.1 Å². The largest absolute Gasteiger partial charge is 0.454 e. The molecule has 0 radical (unpaired) electrons. The Kier molecular flexibility index (Phi) is 2.96. The molecule has 5 heteroatoms. The quantitative estimate of drug-likeness (QED) is 0.483. The average molecular weight is 285 g/mol. The second-order valence-corrected chi connectivity index (χ2v) is 3.97. The van der Waals surface area contributed by atoms with Crippen molar-refractivity contribution in [2.45, 2.75) is 6.92 Å². The van der Waals surface area contributed by atoms with Crippen LogP contribution in [0.25, 0.3) is 0 Å². The lowest BCUT2D eigenvalue weighted by Crippen LogP contribution is -2.16. The summed E-state index contributed by atoms with van der Waals surface area (Å²) in [5.41, 5.74) is 1.08. The third-order valence-electron chi connectivity index (χ3n) is 2.34. The summed E-state index contributed by atoms with van der Waals surface area (Å²) in [6.07, 6.45) is 0. The summed E-state index contributed by atoms with van der Waals surface area (Å²) < 4.78 is 10.3. The van der Waals surface area contributed by atoms with E-state index in [1.165, 1.54) is 0 Å².